The van der Waals surface area contributed by atoms with Crippen LogP contribution in [0.5, 0.6) is 0 Å². The Kier molecular flexibility index (Phi) is 5.23. The van der Waals surface area contributed by atoms with Crippen LogP contribution in [-0.2, 0) is 4.79 Å². The quantitative estimate of drug-likeness (QED) is 0.683. The molecule has 0 aromatic rings. The largest absolute Gasteiger partial charge is 0.481 e. The first kappa shape index (κ1) is 15.1. The second-order valence-corrected chi connectivity index (χ2v) is 5.99. The molecule has 0 aromatic heterocycles. The number of hydrogen-bond donors (Lipinski definition) is 3. The Morgan fingerprint density at radius 3 is 2.35 bits per heavy atom. The Hall–Kier alpha value is -1.30. The fraction of sp³-hybridized carbons (Fsp3) is 0.857. The van der Waals surface area contributed by atoms with Crippen LogP contribution in [0.25, 0.3) is 0 Å². The smallest absolute Gasteiger partial charge is 0.315 e. The van der Waals surface area contributed by atoms with Gasteiger partial charge < -0.3 is 20.6 Å². The van der Waals surface area contributed by atoms with Gasteiger partial charge in [-0.1, -0.05) is 12.8 Å². The van der Waals surface area contributed by atoms with Gasteiger partial charge in [-0.05, 0) is 38.8 Å². The normalized spacial score (nSPS) is 21.8. The average molecular weight is 283 g/mol. The summed E-state index contributed by atoms with van der Waals surface area (Å²) >= 11 is 0. The van der Waals surface area contributed by atoms with Crippen molar-refractivity contribution in [2.45, 2.75) is 50.5 Å². The van der Waals surface area contributed by atoms with Crippen molar-refractivity contribution < 1.29 is 14.7 Å². The van der Waals surface area contributed by atoms with Crippen LogP contribution in [0.1, 0.15) is 44.9 Å². The van der Waals surface area contributed by atoms with Crippen LogP contribution >= 0.6 is 0 Å². The molecule has 3 N–H and O–H groups in total. The molecule has 6 heteroatoms. The number of carboxylic acid groups (broad SMARTS) is 1. The summed E-state index contributed by atoms with van der Waals surface area (Å²) in [7, 11) is 0. The van der Waals surface area contributed by atoms with Crippen molar-refractivity contribution in [3.05, 3.63) is 0 Å². The molecule has 0 atom stereocenters. The molecular weight excluding hydrogens is 258 g/mol. The molecule has 2 rings (SSSR count). The van der Waals surface area contributed by atoms with E-state index in [1.54, 1.807) is 0 Å². The van der Waals surface area contributed by atoms with Crippen LogP contribution in [0.2, 0.25) is 0 Å². The molecule has 0 radical (unpaired) electrons. The lowest BCUT2D eigenvalue weighted by Crippen LogP contribution is -2.52. The number of carbonyl (C=O) groups excluding carboxylic acids is 1. The average Bonchev–Trinajstić information content (AvgIpc) is 3.00. The number of nitrogens with one attached hydrogen (secondary N) is 2. The number of aliphatic carboxylic acids is 1. The van der Waals surface area contributed by atoms with Crippen molar-refractivity contribution in [3.63, 3.8) is 0 Å². The zero-order valence-electron chi connectivity index (χ0n) is 12.0. The van der Waals surface area contributed by atoms with Gasteiger partial charge in [0.05, 0.1) is 12.0 Å². The summed E-state index contributed by atoms with van der Waals surface area (Å²) in [4.78, 5) is 25.2. The second-order valence-electron chi connectivity index (χ2n) is 5.99. The van der Waals surface area contributed by atoms with Gasteiger partial charge in [-0.25, -0.2) is 4.79 Å². The molecule has 20 heavy (non-hydrogen) atoms. The van der Waals surface area contributed by atoms with Gasteiger partial charge in [-0.3, -0.25) is 4.79 Å². The fourth-order valence-corrected chi connectivity index (χ4v) is 3.31. The predicted molar refractivity (Wildman–Crippen MR) is 75.7 cm³/mol. The van der Waals surface area contributed by atoms with Gasteiger partial charge in [0.1, 0.15) is 0 Å². The van der Waals surface area contributed by atoms with Crippen molar-refractivity contribution in [3.8, 4) is 0 Å². The maximum Gasteiger partial charge on any atom is 0.315 e. The van der Waals surface area contributed by atoms with Gasteiger partial charge in [-0.2, -0.15) is 0 Å². The summed E-state index contributed by atoms with van der Waals surface area (Å²) in [5, 5.41) is 14.7. The molecule has 2 fully saturated rings. The van der Waals surface area contributed by atoms with Gasteiger partial charge in [0, 0.05) is 13.1 Å². The first-order valence-electron chi connectivity index (χ1n) is 7.60. The van der Waals surface area contributed by atoms with Crippen LogP contribution in [0.15, 0.2) is 0 Å². The highest BCUT2D eigenvalue weighted by molar-refractivity contribution is 5.76. The number of rotatable bonds is 6. The lowest BCUT2D eigenvalue weighted by molar-refractivity contribution is -0.138. The highest BCUT2D eigenvalue weighted by atomic mass is 16.4. The Morgan fingerprint density at radius 1 is 1.10 bits per heavy atom. The third kappa shape index (κ3) is 4.37. The molecule has 6 nitrogen and oxygen atoms in total. The Labute approximate surface area is 119 Å². The van der Waals surface area contributed by atoms with Gasteiger partial charge >= 0.3 is 12.0 Å². The number of likely N-dealkylation sites (tertiary alicyclic amines) is 1. The van der Waals surface area contributed by atoms with E-state index in [2.05, 4.69) is 15.5 Å². The molecule has 2 amide bonds. The molecule has 1 saturated heterocycles. The topological polar surface area (TPSA) is 81.7 Å². The Balaban J connectivity index is 1.72. The molecule has 2 aliphatic rings. The third-order valence-corrected chi connectivity index (χ3v) is 4.34. The first-order valence-corrected chi connectivity index (χ1v) is 7.60. The van der Waals surface area contributed by atoms with Crippen molar-refractivity contribution >= 4 is 12.0 Å². The summed E-state index contributed by atoms with van der Waals surface area (Å²) in [5.74, 6) is -0.843. The minimum Gasteiger partial charge on any atom is -0.481 e. The fourth-order valence-electron chi connectivity index (χ4n) is 3.31. The SMILES string of the molecule is O=C(O)CC1(NC(=O)NCCN2CCCC2)CCCC1. The number of amides is 2. The second kappa shape index (κ2) is 6.92. The van der Waals surface area contributed by atoms with Crippen molar-refractivity contribution in [2.75, 3.05) is 26.2 Å². The van der Waals surface area contributed by atoms with Gasteiger partial charge in [-0.15, -0.1) is 0 Å². The van der Waals surface area contributed by atoms with E-state index < -0.39 is 11.5 Å². The number of nitrogens with zero attached hydrogens (tertiary/aromatic N) is 1. The van der Waals surface area contributed by atoms with E-state index in [0.29, 0.717) is 6.54 Å². The summed E-state index contributed by atoms with van der Waals surface area (Å²) < 4.78 is 0. The minimum atomic E-state index is -0.843. The number of hydrogen-bond acceptors (Lipinski definition) is 3. The Morgan fingerprint density at radius 2 is 1.75 bits per heavy atom. The van der Waals surface area contributed by atoms with Crippen LogP contribution in [-0.4, -0.2) is 53.7 Å². The zero-order chi connectivity index (χ0) is 14.4. The zero-order valence-corrected chi connectivity index (χ0v) is 12.0. The van der Waals surface area contributed by atoms with Crippen LogP contribution in [0.4, 0.5) is 4.79 Å². The van der Waals surface area contributed by atoms with Crippen molar-refractivity contribution in [1.29, 1.82) is 0 Å². The van der Waals surface area contributed by atoms with E-state index in [1.165, 1.54) is 12.8 Å². The van der Waals surface area contributed by atoms with Crippen molar-refractivity contribution in [1.82, 2.24) is 15.5 Å². The van der Waals surface area contributed by atoms with E-state index in [1.807, 2.05) is 0 Å². The summed E-state index contributed by atoms with van der Waals surface area (Å²) in [6.07, 6.45) is 6.01. The highest BCUT2D eigenvalue weighted by Gasteiger charge is 2.37. The molecule has 1 aliphatic heterocycles. The van der Waals surface area contributed by atoms with E-state index in [9.17, 15) is 9.59 Å². The number of carboxylic acids is 1. The van der Waals surface area contributed by atoms with E-state index in [0.717, 1.165) is 45.3 Å². The van der Waals surface area contributed by atoms with Gasteiger partial charge in [0.25, 0.3) is 0 Å². The molecular formula is C14H25N3O3. The van der Waals surface area contributed by atoms with Crippen LogP contribution < -0.4 is 10.6 Å². The van der Waals surface area contributed by atoms with Gasteiger partial charge in [0.2, 0.25) is 0 Å². The van der Waals surface area contributed by atoms with Gasteiger partial charge in [0.15, 0.2) is 0 Å². The molecule has 0 spiro atoms. The lowest BCUT2D eigenvalue weighted by atomic mass is 9.93. The molecule has 0 bridgehead atoms. The highest BCUT2D eigenvalue weighted by Crippen LogP contribution is 2.32. The molecule has 114 valence electrons. The maximum absolute atomic E-state index is 11.9. The summed E-state index contributed by atoms with van der Waals surface area (Å²) in [6, 6.07) is -0.229. The van der Waals surface area contributed by atoms with Crippen molar-refractivity contribution in [2.24, 2.45) is 0 Å². The Bertz CT molecular complexity index is 348. The molecule has 1 heterocycles. The molecule has 0 unspecified atom stereocenters. The van der Waals surface area contributed by atoms with E-state index >= 15 is 0 Å². The summed E-state index contributed by atoms with van der Waals surface area (Å²) in [6.45, 7) is 3.73. The first-order chi connectivity index (χ1) is 9.60. The maximum atomic E-state index is 11.9. The molecule has 0 aromatic carbocycles. The standard InChI is InChI=1S/C14H25N3O3/c18-12(19)11-14(5-1-2-6-14)16-13(20)15-7-10-17-8-3-4-9-17/h1-11H2,(H,18,19)(H2,15,16,20). The molecule has 1 aliphatic carbocycles. The third-order valence-electron chi connectivity index (χ3n) is 4.34. The monoisotopic (exact) mass is 283 g/mol. The van der Waals surface area contributed by atoms with Crippen LogP contribution in [0.3, 0.4) is 0 Å². The minimum absolute atomic E-state index is 0.0204. The van der Waals surface area contributed by atoms with Crippen LogP contribution in [0, 0.1) is 0 Å². The van der Waals surface area contributed by atoms with E-state index in [-0.39, 0.29) is 12.5 Å². The van der Waals surface area contributed by atoms with E-state index in [4.69, 9.17) is 5.11 Å². The number of urea groups is 1. The number of carbonyl (C=O) groups is 2. The predicted octanol–water partition coefficient (Wildman–Crippen LogP) is 1.17. The summed E-state index contributed by atoms with van der Waals surface area (Å²) in [5.41, 5.74) is -0.538. The molecule has 1 saturated carbocycles. The lowest BCUT2D eigenvalue weighted by Gasteiger charge is -2.28.